The molecule has 4 nitrogen and oxygen atoms in total. The molecule has 61 heavy (non-hydrogen) atoms. The molecule has 0 unspecified atom stereocenters. The van der Waals surface area contributed by atoms with Gasteiger partial charge in [0, 0.05) is 32.6 Å². The van der Waals surface area contributed by atoms with Crippen molar-refractivity contribution in [2.45, 2.75) is 84.0 Å². The molecule has 0 atom stereocenters. The molecule has 1 aliphatic heterocycles. The number of rotatable bonds is 1. The van der Waals surface area contributed by atoms with Crippen molar-refractivity contribution in [2.24, 2.45) is 0 Å². The molecule has 0 saturated carbocycles. The van der Waals surface area contributed by atoms with Crippen LogP contribution in [0.1, 0.15) is 101 Å². The lowest BCUT2D eigenvalue weighted by atomic mass is 9.63. The van der Waals surface area contributed by atoms with E-state index in [1.807, 2.05) is 0 Å². The molecule has 0 amide bonds. The summed E-state index contributed by atoms with van der Waals surface area (Å²) in [5.41, 5.74) is 14.2. The third-order valence-electron chi connectivity index (χ3n) is 14.3. The summed E-state index contributed by atoms with van der Waals surface area (Å²) in [7, 11) is 0. The topological polar surface area (TPSA) is 43.5 Å². The summed E-state index contributed by atoms with van der Waals surface area (Å²) in [5, 5.41) is 4.45. The van der Waals surface area contributed by atoms with Crippen molar-refractivity contribution in [3.63, 3.8) is 0 Å². The van der Waals surface area contributed by atoms with Gasteiger partial charge in [-0.2, -0.15) is 0 Å². The Kier molecular flexibility index (Phi) is 6.81. The molecular formula is C57H48N2O2. The van der Waals surface area contributed by atoms with Crippen molar-refractivity contribution in [1.29, 1.82) is 0 Å². The van der Waals surface area contributed by atoms with Gasteiger partial charge in [-0.15, -0.1) is 0 Å². The van der Waals surface area contributed by atoms with Crippen molar-refractivity contribution >= 4 is 59.9 Å². The fourth-order valence-electron chi connectivity index (χ4n) is 11.2. The van der Waals surface area contributed by atoms with Gasteiger partial charge in [-0.3, -0.25) is 9.59 Å². The Morgan fingerprint density at radius 1 is 0.410 bits per heavy atom. The van der Waals surface area contributed by atoms with Crippen molar-refractivity contribution in [3.8, 4) is 16.8 Å². The van der Waals surface area contributed by atoms with Crippen LogP contribution in [-0.2, 0) is 21.7 Å². The minimum atomic E-state index is -0.788. The molecule has 1 spiro atoms. The van der Waals surface area contributed by atoms with Crippen LogP contribution in [0.5, 0.6) is 0 Å². The van der Waals surface area contributed by atoms with Crippen LogP contribution in [0.25, 0.3) is 76.7 Å². The summed E-state index contributed by atoms with van der Waals surface area (Å²) in [4.78, 5) is 31.9. The van der Waals surface area contributed by atoms with Crippen LogP contribution in [0, 0.1) is 0 Å². The van der Waals surface area contributed by atoms with Gasteiger partial charge in [-0.25, -0.2) is 0 Å². The van der Waals surface area contributed by atoms with Gasteiger partial charge in [0.1, 0.15) is 0 Å². The number of hydrogen-bond donors (Lipinski definition) is 0. The Morgan fingerprint density at radius 3 is 1.46 bits per heavy atom. The molecule has 10 aromatic rings. The molecule has 7 aromatic carbocycles. The maximum absolute atomic E-state index is 16.2. The van der Waals surface area contributed by atoms with Crippen LogP contribution in [0.4, 0.5) is 0 Å². The van der Waals surface area contributed by atoms with Crippen LogP contribution in [0.3, 0.4) is 0 Å². The molecule has 4 heterocycles. The van der Waals surface area contributed by atoms with Gasteiger partial charge in [0.15, 0.2) is 10.9 Å². The molecule has 0 fully saturated rings. The van der Waals surface area contributed by atoms with Crippen LogP contribution in [0.2, 0.25) is 0 Å². The zero-order chi connectivity index (χ0) is 42.3. The zero-order valence-electron chi connectivity index (χ0n) is 36.3. The van der Waals surface area contributed by atoms with E-state index in [0.717, 1.165) is 60.8 Å². The first-order valence-electron chi connectivity index (χ1n) is 21.7. The minimum absolute atomic E-state index is 0.0170. The molecule has 12 rings (SSSR count). The average Bonchev–Trinajstić information content (AvgIpc) is 3.72. The maximum Gasteiger partial charge on any atom is 0.199 e. The monoisotopic (exact) mass is 792 g/mol. The Balaban J connectivity index is 1.40. The van der Waals surface area contributed by atoms with Crippen LogP contribution < -0.4 is 10.9 Å². The van der Waals surface area contributed by atoms with Gasteiger partial charge in [0.05, 0.1) is 38.4 Å². The van der Waals surface area contributed by atoms with Crippen molar-refractivity contribution in [3.05, 3.63) is 187 Å². The fourth-order valence-corrected chi connectivity index (χ4v) is 11.2. The highest BCUT2D eigenvalue weighted by Crippen LogP contribution is 2.61. The second-order valence-electron chi connectivity index (χ2n) is 20.9. The van der Waals surface area contributed by atoms with E-state index in [-0.39, 0.29) is 27.1 Å². The fraction of sp³-hybridized carbons (Fsp3) is 0.228. The highest BCUT2D eigenvalue weighted by molar-refractivity contribution is 6.25. The number of fused-ring (bicyclic) bond motifs is 11. The highest BCUT2D eigenvalue weighted by atomic mass is 16.1. The number of benzene rings is 7. The van der Waals surface area contributed by atoms with Crippen LogP contribution in [-0.4, -0.2) is 8.97 Å². The Hall–Kier alpha value is -6.52. The molecule has 2 aliphatic rings. The quantitative estimate of drug-likeness (QED) is 0.123. The minimum Gasteiger partial charge on any atom is -0.308 e. The molecule has 0 radical (unpaired) electrons. The molecule has 1 aliphatic carbocycles. The summed E-state index contributed by atoms with van der Waals surface area (Å²) in [6, 6.07) is 45.9. The van der Waals surface area contributed by atoms with E-state index in [9.17, 15) is 0 Å². The van der Waals surface area contributed by atoms with E-state index in [0.29, 0.717) is 27.1 Å². The van der Waals surface area contributed by atoms with E-state index in [1.165, 1.54) is 27.8 Å². The second kappa shape index (κ2) is 11.4. The Labute approximate surface area is 355 Å². The summed E-state index contributed by atoms with van der Waals surface area (Å²) in [6.45, 7) is 20.1. The summed E-state index contributed by atoms with van der Waals surface area (Å²) in [5.74, 6) is 0. The Morgan fingerprint density at radius 2 is 0.902 bits per heavy atom. The molecular weight excluding hydrogens is 745 g/mol. The van der Waals surface area contributed by atoms with E-state index < -0.39 is 5.41 Å². The largest absolute Gasteiger partial charge is 0.308 e. The van der Waals surface area contributed by atoms with E-state index >= 15 is 9.59 Å². The first-order chi connectivity index (χ1) is 29.0. The van der Waals surface area contributed by atoms with Gasteiger partial charge in [-0.05, 0) is 103 Å². The molecule has 0 N–H and O–H groups in total. The van der Waals surface area contributed by atoms with Crippen molar-refractivity contribution < 1.29 is 0 Å². The van der Waals surface area contributed by atoms with E-state index in [2.05, 4.69) is 199 Å². The number of para-hydroxylation sites is 1. The first kappa shape index (κ1) is 36.3. The molecule has 3 aromatic heterocycles. The lowest BCUT2D eigenvalue weighted by Crippen LogP contribution is -2.35. The predicted molar refractivity (Wildman–Crippen MR) is 255 cm³/mol. The standard InChI is InChI=1S/C57H48N2O2/c1-54(2,3)31-22-24-34(25-23-31)58-46-21-15-12-18-37(46)38-30-41-51-47(50(38)58)53(61)40-27-33(56(7,8)9)29-45-49(40)59(51)48-39(52(41)60)26-32(55(4,5)6)28-44(48)57(45)42-19-13-10-16-35(42)36-17-11-14-20-43(36)57/h10-30H,1-9H3. The molecule has 0 bridgehead atoms. The Bertz CT molecular complexity index is 3660. The van der Waals surface area contributed by atoms with Crippen molar-refractivity contribution in [2.75, 3.05) is 0 Å². The molecule has 4 heteroatoms. The van der Waals surface area contributed by atoms with Crippen LogP contribution in [0.15, 0.2) is 137 Å². The van der Waals surface area contributed by atoms with Gasteiger partial charge in [0.2, 0.25) is 0 Å². The second-order valence-corrected chi connectivity index (χ2v) is 20.9. The number of aromatic nitrogens is 2. The molecule has 0 saturated heterocycles. The van der Waals surface area contributed by atoms with Gasteiger partial charge < -0.3 is 8.97 Å². The maximum atomic E-state index is 16.2. The van der Waals surface area contributed by atoms with Gasteiger partial charge in [0.25, 0.3) is 0 Å². The summed E-state index contributed by atoms with van der Waals surface area (Å²) < 4.78 is 4.61. The lowest BCUT2D eigenvalue weighted by molar-refractivity contribution is 0.586. The summed E-state index contributed by atoms with van der Waals surface area (Å²) in [6.07, 6.45) is 0. The van der Waals surface area contributed by atoms with Gasteiger partial charge in [-0.1, -0.05) is 153 Å². The smallest absolute Gasteiger partial charge is 0.199 e. The zero-order valence-corrected chi connectivity index (χ0v) is 36.3. The third kappa shape index (κ3) is 4.45. The first-order valence-corrected chi connectivity index (χ1v) is 21.7. The number of hydrogen-bond acceptors (Lipinski definition) is 2. The third-order valence-corrected chi connectivity index (χ3v) is 14.3. The number of nitrogens with zero attached hydrogens (tertiary/aromatic N) is 2. The SMILES string of the molecule is CC(C)(C)c1ccc(-n2c3ccccc3c3cc4c(=O)c5cc(C(C)(C)C)cc6c5n5c7c(cc(C(C)(C)C)cc7c(=O)c(c32)c45)C62c3ccccc3-c3ccccc32)cc1. The highest BCUT2D eigenvalue weighted by Gasteiger charge is 2.51. The summed E-state index contributed by atoms with van der Waals surface area (Å²) >= 11 is 0. The predicted octanol–water partition coefficient (Wildman–Crippen LogP) is 13.2. The van der Waals surface area contributed by atoms with Crippen molar-refractivity contribution in [1.82, 2.24) is 8.97 Å². The van der Waals surface area contributed by atoms with Crippen LogP contribution >= 0.6 is 0 Å². The molecule has 298 valence electrons. The van der Waals surface area contributed by atoms with E-state index in [1.54, 1.807) is 0 Å². The van der Waals surface area contributed by atoms with Gasteiger partial charge >= 0.3 is 0 Å². The normalized spacial score (nSPS) is 14.6. The average molecular weight is 793 g/mol. The lowest BCUT2D eigenvalue weighted by Gasteiger charge is -2.41. The number of pyridine rings is 2. The van der Waals surface area contributed by atoms with E-state index in [4.69, 9.17) is 0 Å².